The molecule has 3 heteroatoms. The lowest BCUT2D eigenvalue weighted by Gasteiger charge is -2.34. The fourth-order valence-corrected chi connectivity index (χ4v) is 6.07. The molecule has 2 unspecified atom stereocenters. The van der Waals surface area contributed by atoms with Gasteiger partial charge in [0.2, 0.25) is 0 Å². The predicted octanol–water partition coefficient (Wildman–Crippen LogP) is 7.68. The quantitative estimate of drug-likeness (QED) is 0.284. The molecule has 1 saturated heterocycles. The second-order valence-electron chi connectivity index (χ2n) is 10.7. The molecule has 5 rings (SSSR count). The van der Waals surface area contributed by atoms with Gasteiger partial charge >= 0.3 is 0 Å². The first-order valence-corrected chi connectivity index (χ1v) is 14.1. The van der Waals surface area contributed by atoms with Gasteiger partial charge in [-0.1, -0.05) is 80.3 Å². The van der Waals surface area contributed by atoms with Crippen molar-refractivity contribution in [1.82, 2.24) is 4.90 Å². The van der Waals surface area contributed by atoms with Gasteiger partial charge in [0.05, 0.1) is 6.61 Å². The molecular formula is C33H41NO2. The minimum atomic E-state index is 0.165. The SMILES string of the molecule is Oc1ccc2c(c1)C(c1ccc(CCCCCCCCN3CCCC3)cc1)C(c1ccccc1)CO2. The van der Waals surface area contributed by atoms with Crippen molar-refractivity contribution in [2.24, 2.45) is 0 Å². The van der Waals surface area contributed by atoms with Gasteiger partial charge in [0.1, 0.15) is 11.5 Å². The van der Waals surface area contributed by atoms with Gasteiger partial charge in [-0.25, -0.2) is 0 Å². The second kappa shape index (κ2) is 12.5. The standard InChI is InChI=1S/C33H41NO2/c35-29-19-20-32-30(24-29)33(31(25-36-32)27-13-7-5-8-14-27)28-17-15-26(16-18-28)12-6-3-1-2-4-9-21-34-22-10-11-23-34/h5,7-8,13-20,24,31,33,35H,1-4,6,9-12,21-23,25H2. The number of hydrogen-bond donors (Lipinski definition) is 1. The lowest BCUT2D eigenvalue weighted by molar-refractivity contribution is 0.248. The van der Waals surface area contributed by atoms with E-state index in [1.807, 2.05) is 12.1 Å². The van der Waals surface area contributed by atoms with Crippen molar-refractivity contribution in [3.63, 3.8) is 0 Å². The lowest BCUT2D eigenvalue weighted by atomic mass is 9.75. The predicted molar refractivity (Wildman–Crippen MR) is 148 cm³/mol. The van der Waals surface area contributed by atoms with Crippen LogP contribution in [0.15, 0.2) is 72.8 Å². The average molecular weight is 484 g/mol. The van der Waals surface area contributed by atoms with Crippen molar-refractivity contribution < 1.29 is 9.84 Å². The van der Waals surface area contributed by atoms with Crippen LogP contribution in [0.5, 0.6) is 11.5 Å². The molecule has 2 aliphatic heterocycles. The zero-order valence-electron chi connectivity index (χ0n) is 21.6. The fraction of sp³-hybridized carbons (Fsp3) is 0.455. The van der Waals surface area contributed by atoms with Crippen molar-refractivity contribution in [3.8, 4) is 11.5 Å². The van der Waals surface area contributed by atoms with Gasteiger partial charge in [0.15, 0.2) is 0 Å². The van der Waals surface area contributed by atoms with E-state index in [1.165, 1.54) is 87.7 Å². The first-order valence-electron chi connectivity index (χ1n) is 14.1. The van der Waals surface area contributed by atoms with Crippen LogP contribution in [0.2, 0.25) is 0 Å². The molecule has 0 spiro atoms. The average Bonchev–Trinajstić information content (AvgIpc) is 3.44. The topological polar surface area (TPSA) is 32.7 Å². The van der Waals surface area contributed by atoms with Gasteiger partial charge in [0, 0.05) is 17.4 Å². The molecule has 0 aromatic heterocycles. The van der Waals surface area contributed by atoms with Crippen LogP contribution in [0.25, 0.3) is 0 Å². The molecule has 2 heterocycles. The maximum atomic E-state index is 10.2. The molecular weight excluding hydrogens is 442 g/mol. The highest BCUT2D eigenvalue weighted by atomic mass is 16.5. The summed E-state index contributed by atoms with van der Waals surface area (Å²) in [6.45, 7) is 4.62. The van der Waals surface area contributed by atoms with E-state index >= 15 is 0 Å². The molecule has 1 fully saturated rings. The minimum Gasteiger partial charge on any atom is -0.508 e. The van der Waals surface area contributed by atoms with E-state index < -0.39 is 0 Å². The number of aromatic hydroxyl groups is 1. The number of hydrogen-bond acceptors (Lipinski definition) is 3. The summed E-state index contributed by atoms with van der Waals surface area (Å²) in [7, 11) is 0. The summed E-state index contributed by atoms with van der Waals surface area (Å²) in [6, 6.07) is 25.4. The van der Waals surface area contributed by atoms with Crippen LogP contribution in [-0.2, 0) is 6.42 Å². The van der Waals surface area contributed by atoms with Crippen LogP contribution in [0.3, 0.4) is 0 Å². The van der Waals surface area contributed by atoms with Crippen LogP contribution in [0.1, 0.15) is 85.5 Å². The molecule has 0 radical (unpaired) electrons. The van der Waals surface area contributed by atoms with Crippen LogP contribution in [-0.4, -0.2) is 36.2 Å². The third-order valence-corrected chi connectivity index (χ3v) is 8.10. The zero-order chi connectivity index (χ0) is 24.6. The number of aryl methyl sites for hydroxylation is 1. The first-order chi connectivity index (χ1) is 17.8. The Bertz CT molecular complexity index is 1070. The summed E-state index contributed by atoms with van der Waals surface area (Å²) in [4.78, 5) is 2.63. The summed E-state index contributed by atoms with van der Waals surface area (Å²) >= 11 is 0. The number of ether oxygens (including phenoxy) is 1. The molecule has 36 heavy (non-hydrogen) atoms. The Hall–Kier alpha value is -2.78. The van der Waals surface area contributed by atoms with E-state index in [-0.39, 0.29) is 11.8 Å². The van der Waals surface area contributed by atoms with Gasteiger partial charge in [-0.3, -0.25) is 0 Å². The van der Waals surface area contributed by atoms with Crippen molar-refractivity contribution in [3.05, 3.63) is 95.1 Å². The van der Waals surface area contributed by atoms with Gasteiger partial charge in [-0.05, 0) is 86.6 Å². The Kier molecular flexibility index (Phi) is 8.61. The summed E-state index contributed by atoms with van der Waals surface area (Å²) in [5.41, 5.74) is 5.07. The van der Waals surface area contributed by atoms with E-state index in [2.05, 4.69) is 59.5 Å². The van der Waals surface area contributed by atoms with Crippen molar-refractivity contribution in [1.29, 1.82) is 0 Å². The van der Waals surface area contributed by atoms with E-state index in [0.717, 1.165) is 17.7 Å². The smallest absolute Gasteiger partial charge is 0.123 e. The molecule has 3 aromatic rings. The van der Waals surface area contributed by atoms with Crippen LogP contribution >= 0.6 is 0 Å². The third kappa shape index (κ3) is 6.31. The molecule has 0 aliphatic carbocycles. The van der Waals surface area contributed by atoms with E-state index in [1.54, 1.807) is 6.07 Å². The van der Waals surface area contributed by atoms with E-state index in [4.69, 9.17) is 4.74 Å². The second-order valence-corrected chi connectivity index (χ2v) is 10.7. The molecule has 2 atom stereocenters. The Labute approximate surface area is 217 Å². The van der Waals surface area contributed by atoms with Crippen molar-refractivity contribution in [2.45, 2.75) is 69.6 Å². The summed E-state index contributed by atoms with van der Waals surface area (Å²) < 4.78 is 6.13. The first kappa shape index (κ1) is 24.9. The number of fused-ring (bicyclic) bond motifs is 1. The number of benzene rings is 3. The molecule has 0 saturated carbocycles. The highest BCUT2D eigenvalue weighted by Crippen LogP contribution is 2.47. The number of phenolic OH excluding ortho intramolecular Hbond substituents is 1. The Balaban J connectivity index is 1.16. The minimum absolute atomic E-state index is 0.165. The number of phenols is 1. The monoisotopic (exact) mass is 483 g/mol. The number of nitrogens with zero attached hydrogens (tertiary/aromatic N) is 1. The van der Waals surface area contributed by atoms with Crippen molar-refractivity contribution in [2.75, 3.05) is 26.2 Å². The lowest BCUT2D eigenvalue weighted by Crippen LogP contribution is -2.25. The van der Waals surface area contributed by atoms with E-state index in [0.29, 0.717) is 12.4 Å². The Morgan fingerprint density at radius 3 is 2.25 bits per heavy atom. The maximum Gasteiger partial charge on any atom is 0.123 e. The van der Waals surface area contributed by atoms with Gasteiger partial charge in [0.25, 0.3) is 0 Å². The Morgan fingerprint density at radius 2 is 1.47 bits per heavy atom. The fourth-order valence-electron chi connectivity index (χ4n) is 6.07. The zero-order valence-corrected chi connectivity index (χ0v) is 21.6. The number of unbranched alkanes of at least 4 members (excludes halogenated alkanes) is 5. The van der Waals surface area contributed by atoms with Crippen LogP contribution < -0.4 is 4.74 Å². The highest BCUT2D eigenvalue weighted by Gasteiger charge is 2.33. The summed E-state index contributed by atoms with van der Waals surface area (Å²) in [5, 5.41) is 10.2. The summed E-state index contributed by atoms with van der Waals surface area (Å²) in [6.07, 6.45) is 12.1. The van der Waals surface area contributed by atoms with Gasteiger partial charge in [-0.2, -0.15) is 0 Å². The number of rotatable bonds is 11. The van der Waals surface area contributed by atoms with Crippen molar-refractivity contribution >= 4 is 0 Å². The molecule has 1 N–H and O–H groups in total. The highest BCUT2D eigenvalue weighted by molar-refractivity contribution is 5.50. The normalized spacial score (nSPS) is 19.7. The number of likely N-dealkylation sites (tertiary alicyclic amines) is 1. The molecule has 0 bridgehead atoms. The van der Waals surface area contributed by atoms with Gasteiger partial charge in [-0.15, -0.1) is 0 Å². The molecule has 3 aromatic carbocycles. The Morgan fingerprint density at radius 1 is 0.750 bits per heavy atom. The maximum absolute atomic E-state index is 10.2. The molecule has 0 amide bonds. The van der Waals surface area contributed by atoms with Crippen LogP contribution in [0, 0.1) is 0 Å². The molecule has 2 aliphatic rings. The van der Waals surface area contributed by atoms with Gasteiger partial charge < -0.3 is 14.7 Å². The van der Waals surface area contributed by atoms with Crippen LogP contribution in [0.4, 0.5) is 0 Å². The summed E-state index contributed by atoms with van der Waals surface area (Å²) in [5.74, 6) is 1.56. The largest absolute Gasteiger partial charge is 0.508 e. The molecule has 3 nitrogen and oxygen atoms in total. The third-order valence-electron chi connectivity index (χ3n) is 8.10. The molecule has 190 valence electrons. The van der Waals surface area contributed by atoms with E-state index in [9.17, 15) is 5.11 Å².